The Morgan fingerprint density at radius 1 is 1.13 bits per heavy atom. The molecule has 4 heteroatoms. The van der Waals surface area contributed by atoms with E-state index in [4.69, 9.17) is 0 Å². The fourth-order valence-electron chi connectivity index (χ4n) is 2.87. The van der Waals surface area contributed by atoms with Gasteiger partial charge in [0, 0.05) is 25.2 Å². The molecule has 1 fully saturated rings. The Balaban J connectivity index is 1.87. The van der Waals surface area contributed by atoms with Crippen molar-refractivity contribution in [2.75, 3.05) is 18.0 Å². The smallest absolute Gasteiger partial charge is 0.240 e. The number of carbonyl (C=O) groups excluding carboxylic acids is 1. The maximum absolute atomic E-state index is 11.7. The molecule has 4 nitrogen and oxygen atoms in total. The van der Waals surface area contributed by atoms with Crippen LogP contribution < -0.4 is 10.3 Å². The van der Waals surface area contributed by atoms with E-state index in [1.165, 1.54) is 24.9 Å². The lowest BCUT2D eigenvalue weighted by atomic mass is 10.1. The van der Waals surface area contributed by atoms with Gasteiger partial charge < -0.3 is 4.90 Å². The number of hydrogen-bond acceptors (Lipinski definition) is 3. The second-order valence-corrected chi connectivity index (χ2v) is 6.28. The number of rotatable bonds is 7. The summed E-state index contributed by atoms with van der Waals surface area (Å²) in [6.45, 7) is 6.37. The lowest BCUT2D eigenvalue weighted by molar-refractivity contribution is -0.121. The summed E-state index contributed by atoms with van der Waals surface area (Å²) in [5.74, 6) is 0.00253. The second-order valence-electron chi connectivity index (χ2n) is 6.28. The van der Waals surface area contributed by atoms with Gasteiger partial charge in [0.2, 0.25) is 5.91 Å². The third-order valence-electron chi connectivity index (χ3n) is 4.36. The monoisotopic (exact) mass is 315 g/mol. The number of anilines is 1. The van der Waals surface area contributed by atoms with Crippen molar-refractivity contribution in [3.05, 3.63) is 29.8 Å². The normalized spacial score (nSPS) is 15.6. The van der Waals surface area contributed by atoms with E-state index in [0.717, 1.165) is 43.6 Å². The average Bonchev–Trinajstić information content (AvgIpc) is 2.61. The first-order valence-corrected chi connectivity index (χ1v) is 8.89. The van der Waals surface area contributed by atoms with Crippen LogP contribution in [0.15, 0.2) is 29.4 Å². The SMILES string of the molecule is CCCCCC(=O)N/N=C(/C)c1ccc(N2CCCCC2)cc1. The molecule has 1 saturated heterocycles. The number of amides is 1. The summed E-state index contributed by atoms with van der Waals surface area (Å²) in [6, 6.07) is 8.49. The molecular weight excluding hydrogens is 286 g/mol. The summed E-state index contributed by atoms with van der Waals surface area (Å²) in [5, 5.41) is 4.22. The third-order valence-corrected chi connectivity index (χ3v) is 4.36. The minimum absolute atomic E-state index is 0.00253. The molecule has 1 aromatic rings. The van der Waals surface area contributed by atoms with Crippen molar-refractivity contribution in [2.45, 2.75) is 58.8 Å². The number of carbonyl (C=O) groups is 1. The molecule has 1 aromatic carbocycles. The minimum atomic E-state index is 0.00253. The number of benzene rings is 1. The van der Waals surface area contributed by atoms with Crippen LogP contribution in [-0.4, -0.2) is 24.7 Å². The highest BCUT2D eigenvalue weighted by molar-refractivity contribution is 5.99. The van der Waals surface area contributed by atoms with Gasteiger partial charge in [0.05, 0.1) is 5.71 Å². The molecule has 1 aliphatic heterocycles. The maximum Gasteiger partial charge on any atom is 0.240 e. The van der Waals surface area contributed by atoms with Crippen LogP contribution in [-0.2, 0) is 4.79 Å². The Morgan fingerprint density at radius 2 is 1.83 bits per heavy atom. The number of nitrogens with zero attached hydrogens (tertiary/aromatic N) is 2. The molecule has 1 aliphatic rings. The summed E-state index contributed by atoms with van der Waals surface area (Å²) >= 11 is 0. The van der Waals surface area contributed by atoms with Crippen LogP contribution in [0.3, 0.4) is 0 Å². The van der Waals surface area contributed by atoms with E-state index in [2.05, 4.69) is 46.6 Å². The predicted octanol–water partition coefficient (Wildman–Crippen LogP) is 4.10. The van der Waals surface area contributed by atoms with Crippen LogP contribution in [0.1, 0.15) is 64.4 Å². The molecule has 0 atom stereocenters. The topological polar surface area (TPSA) is 44.7 Å². The highest BCUT2D eigenvalue weighted by Gasteiger charge is 2.10. The van der Waals surface area contributed by atoms with E-state index < -0.39 is 0 Å². The van der Waals surface area contributed by atoms with E-state index in [-0.39, 0.29) is 5.91 Å². The van der Waals surface area contributed by atoms with Crippen LogP contribution in [0.2, 0.25) is 0 Å². The molecule has 2 rings (SSSR count). The summed E-state index contributed by atoms with van der Waals surface area (Å²) in [7, 11) is 0. The van der Waals surface area contributed by atoms with Crippen molar-refractivity contribution >= 4 is 17.3 Å². The third kappa shape index (κ3) is 5.70. The molecular formula is C19H29N3O. The summed E-state index contributed by atoms with van der Waals surface area (Å²) in [4.78, 5) is 14.1. The van der Waals surface area contributed by atoms with E-state index in [0.29, 0.717) is 6.42 Å². The molecule has 0 spiro atoms. The Kier molecular flexibility index (Phi) is 7.11. The predicted molar refractivity (Wildman–Crippen MR) is 97.0 cm³/mol. The molecule has 0 bridgehead atoms. The molecule has 0 aromatic heterocycles. The molecule has 0 aliphatic carbocycles. The van der Waals surface area contributed by atoms with Crippen LogP contribution in [0.4, 0.5) is 5.69 Å². The zero-order chi connectivity index (χ0) is 16.5. The molecule has 0 radical (unpaired) electrons. The number of nitrogens with one attached hydrogen (secondary N) is 1. The zero-order valence-electron chi connectivity index (χ0n) is 14.5. The van der Waals surface area contributed by atoms with Gasteiger partial charge in [-0.25, -0.2) is 5.43 Å². The largest absolute Gasteiger partial charge is 0.372 e. The first-order chi connectivity index (χ1) is 11.2. The van der Waals surface area contributed by atoms with Gasteiger partial charge in [-0.05, 0) is 50.3 Å². The van der Waals surface area contributed by atoms with Gasteiger partial charge in [0.15, 0.2) is 0 Å². The van der Waals surface area contributed by atoms with Gasteiger partial charge in [-0.3, -0.25) is 4.79 Å². The van der Waals surface area contributed by atoms with E-state index in [9.17, 15) is 4.79 Å². The van der Waals surface area contributed by atoms with Crippen LogP contribution in [0.25, 0.3) is 0 Å². The first-order valence-electron chi connectivity index (χ1n) is 8.89. The van der Waals surface area contributed by atoms with Gasteiger partial charge in [0.1, 0.15) is 0 Å². The molecule has 23 heavy (non-hydrogen) atoms. The molecule has 1 heterocycles. The highest BCUT2D eigenvalue weighted by Crippen LogP contribution is 2.20. The molecule has 126 valence electrons. The van der Waals surface area contributed by atoms with Crippen molar-refractivity contribution in [2.24, 2.45) is 5.10 Å². The lowest BCUT2D eigenvalue weighted by Crippen LogP contribution is -2.29. The number of hydrogen-bond donors (Lipinski definition) is 1. The van der Waals surface area contributed by atoms with Gasteiger partial charge in [-0.1, -0.05) is 31.9 Å². The number of piperidine rings is 1. The molecule has 0 saturated carbocycles. The zero-order valence-corrected chi connectivity index (χ0v) is 14.5. The highest BCUT2D eigenvalue weighted by atomic mass is 16.2. The van der Waals surface area contributed by atoms with Crippen molar-refractivity contribution in [3.63, 3.8) is 0 Å². The van der Waals surface area contributed by atoms with Gasteiger partial charge in [-0.15, -0.1) is 0 Å². The maximum atomic E-state index is 11.7. The standard InChI is InChI=1S/C19H29N3O/c1-3-4-6-9-19(23)21-20-16(2)17-10-12-18(13-11-17)22-14-7-5-8-15-22/h10-13H,3-9,14-15H2,1-2H3,(H,21,23)/b20-16-. The minimum Gasteiger partial charge on any atom is -0.372 e. The molecule has 1 amide bonds. The molecule has 0 unspecified atom stereocenters. The average molecular weight is 315 g/mol. The van der Waals surface area contributed by atoms with Crippen LogP contribution >= 0.6 is 0 Å². The van der Waals surface area contributed by atoms with E-state index in [1.54, 1.807) is 0 Å². The molecule has 1 N–H and O–H groups in total. The van der Waals surface area contributed by atoms with Crippen molar-refractivity contribution < 1.29 is 4.79 Å². The van der Waals surface area contributed by atoms with Crippen molar-refractivity contribution in [3.8, 4) is 0 Å². The Bertz CT molecular complexity index is 516. The fraction of sp³-hybridized carbons (Fsp3) is 0.579. The van der Waals surface area contributed by atoms with Crippen LogP contribution in [0, 0.1) is 0 Å². The Labute approximate surface area is 140 Å². The van der Waals surface area contributed by atoms with E-state index >= 15 is 0 Å². The van der Waals surface area contributed by atoms with Gasteiger partial charge in [0.25, 0.3) is 0 Å². The Morgan fingerprint density at radius 3 is 2.48 bits per heavy atom. The van der Waals surface area contributed by atoms with Gasteiger partial charge in [-0.2, -0.15) is 5.10 Å². The van der Waals surface area contributed by atoms with Gasteiger partial charge >= 0.3 is 0 Å². The summed E-state index contributed by atoms with van der Waals surface area (Å²) in [6.07, 6.45) is 7.61. The number of unbranched alkanes of at least 4 members (excludes halogenated alkanes) is 2. The summed E-state index contributed by atoms with van der Waals surface area (Å²) < 4.78 is 0. The fourth-order valence-corrected chi connectivity index (χ4v) is 2.87. The second kappa shape index (κ2) is 9.33. The summed E-state index contributed by atoms with van der Waals surface area (Å²) in [5.41, 5.74) is 5.84. The first kappa shape index (κ1) is 17.5. The lowest BCUT2D eigenvalue weighted by Gasteiger charge is -2.28. The number of hydrazone groups is 1. The van der Waals surface area contributed by atoms with Crippen molar-refractivity contribution in [1.82, 2.24) is 5.43 Å². The van der Waals surface area contributed by atoms with Crippen molar-refractivity contribution in [1.29, 1.82) is 0 Å². The Hall–Kier alpha value is -1.84. The van der Waals surface area contributed by atoms with Crippen LogP contribution in [0.5, 0.6) is 0 Å². The quantitative estimate of drug-likeness (QED) is 0.468. The van der Waals surface area contributed by atoms with E-state index in [1.807, 2.05) is 6.92 Å².